The molecule has 0 aliphatic carbocycles. The molecular formula is C22H24FN3O2S. The van der Waals surface area contributed by atoms with Crippen molar-refractivity contribution in [1.29, 1.82) is 0 Å². The fourth-order valence-electron chi connectivity index (χ4n) is 4.04. The van der Waals surface area contributed by atoms with Gasteiger partial charge >= 0.3 is 0 Å². The largest absolute Gasteiger partial charge is 0.303 e. The molecule has 0 amide bonds. The molecule has 0 saturated carbocycles. The van der Waals surface area contributed by atoms with Gasteiger partial charge in [-0.1, -0.05) is 0 Å². The number of aryl methyl sites for hydroxylation is 2. The van der Waals surface area contributed by atoms with E-state index in [-0.39, 0.29) is 23.1 Å². The third-order valence-electron chi connectivity index (χ3n) is 5.81. The molecular weight excluding hydrogens is 389 g/mol. The number of hydrogen-bond acceptors (Lipinski definition) is 5. The van der Waals surface area contributed by atoms with E-state index < -0.39 is 0 Å². The monoisotopic (exact) mass is 413 g/mol. The number of thiazole rings is 1. The summed E-state index contributed by atoms with van der Waals surface area (Å²) in [6, 6.07) is 5.80. The third kappa shape index (κ3) is 4.02. The number of piperidine rings is 1. The summed E-state index contributed by atoms with van der Waals surface area (Å²) in [7, 11) is 0. The number of ketones is 1. The highest BCUT2D eigenvalue weighted by Gasteiger charge is 2.26. The first-order chi connectivity index (χ1) is 13.9. The molecule has 1 saturated heterocycles. The minimum Gasteiger partial charge on any atom is -0.303 e. The van der Waals surface area contributed by atoms with Gasteiger partial charge in [0.1, 0.15) is 5.82 Å². The fraction of sp³-hybridized carbons (Fsp3) is 0.409. The maximum Gasteiger partial charge on any atom is 0.262 e. The van der Waals surface area contributed by atoms with Crippen molar-refractivity contribution in [3.05, 3.63) is 68.3 Å². The summed E-state index contributed by atoms with van der Waals surface area (Å²) >= 11 is 1.49. The number of Topliss-reactive ketones (excluding diaryl/α,β-unsaturated/α-hetero) is 1. The summed E-state index contributed by atoms with van der Waals surface area (Å²) < 4.78 is 14.8. The fourth-order valence-corrected chi connectivity index (χ4v) is 4.95. The van der Waals surface area contributed by atoms with E-state index in [2.05, 4.69) is 9.88 Å². The first kappa shape index (κ1) is 19.9. The molecule has 7 heteroatoms. The van der Waals surface area contributed by atoms with Crippen LogP contribution in [-0.2, 0) is 6.42 Å². The summed E-state index contributed by atoms with van der Waals surface area (Å²) in [6.07, 6.45) is 2.23. The number of hydrogen-bond donors (Lipinski definition) is 0. The molecule has 1 fully saturated rings. The van der Waals surface area contributed by atoms with E-state index in [1.165, 1.54) is 23.5 Å². The molecule has 0 unspecified atom stereocenters. The van der Waals surface area contributed by atoms with Gasteiger partial charge < -0.3 is 4.90 Å². The normalized spacial score (nSPS) is 15.8. The predicted molar refractivity (Wildman–Crippen MR) is 112 cm³/mol. The van der Waals surface area contributed by atoms with Gasteiger partial charge in [-0.05, 0) is 70.5 Å². The molecule has 0 atom stereocenters. The van der Waals surface area contributed by atoms with Gasteiger partial charge in [-0.15, -0.1) is 11.3 Å². The van der Waals surface area contributed by atoms with Crippen molar-refractivity contribution in [2.75, 3.05) is 19.6 Å². The number of benzene rings is 1. The van der Waals surface area contributed by atoms with Crippen LogP contribution < -0.4 is 5.56 Å². The molecule has 1 aliphatic rings. The SMILES string of the molecule is Cc1nc2scc(C)n2c(=O)c1CCN1CCC(C(=O)c2ccc(F)cc2)CC1. The van der Waals surface area contributed by atoms with Gasteiger partial charge in [0, 0.05) is 40.4 Å². The van der Waals surface area contributed by atoms with E-state index >= 15 is 0 Å². The number of likely N-dealkylation sites (tertiary alicyclic amines) is 1. The molecule has 3 heterocycles. The average molecular weight is 414 g/mol. The van der Waals surface area contributed by atoms with Crippen LogP contribution in [0.2, 0.25) is 0 Å². The first-order valence-corrected chi connectivity index (χ1v) is 10.8. The van der Waals surface area contributed by atoms with Crippen molar-refractivity contribution in [2.45, 2.75) is 33.1 Å². The number of aromatic nitrogens is 2. The molecule has 152 valence electrons. The molecule has 4 rings (SSSR count). The number of carbonyl (C=O) groups excluding carboxylic acids is 1. The van der Waals surface area contributed by atoms with Crippen LogP contribution in [0.25, 0.3) is 4.96 Å². The van der Waals surface area contributed by atoms with Crippen LogP contribution >= 0.6 is 11.3 Å². The highest BCUT2D eigenvalue weighted by atomic mass is 32.1. The van der Waals surface area contributed by atoms with Crippen LogP contribution in [0.5, 0.6) is 0 Å². The van der Waals surface area contributed by atoms with Crippen molar-refractivity contribution < 1.29 is 9.18 Å². The van der Waals surface area contributed by atoms with Crippen LogP contribution in [-0.4, -0.2) is 39.7 Å². The highest BCUT2D eigenvalue weighted by molar-refractivity contribution is 7.15. The Morgan fingerprint density at radius 1 is 1.21 bits per heavy atom. The van der Waals surface area contributed by atoms with Gasteiger partial charge in [0.05, 0.1) is 0 Å². The lowest BCUT2D eigenvalue weighted by Crippen LogP contribution is -2.38. The second kappa shape index (κ2) is 8.16. The second-order valence-electron chi connectivity index (χ2n) is 7.71. The summed E-state index contributed by atoms with van der Waals surface area (Å²) in [5.74, 6) is -0.246. The Hall–Kier alpha value is -2.38. The summed E-state index contributed by atoms with van der Waals surface area (Å²) in [4.78, 5) is 33.1. The lowest BCUT2D eigenvalue weighted by atomic mass is 9.89. The van der Waals surface area contributed by atoms with Crippen LogP contribution in [0.4, 0.5) is 4.39 Å². The Kier molecular flexibility index (Phi) is 5.61. The lowest BCUT2D eigenvalue weighted by Gasteiger charge is -2.31. The van der Waals surface area contributed by atoms with Gasteiger partial charge in [0.25, 0.3) is 5.56 Å². The van der Waals surface area contributed by atoms with Crippen LogP contribution in [0.15, 0.2) is 34.4 Å². The smallest absolute Gasteiger partial charge is 0.262 e. The van der Waals surface area contributed by atoms with Gasteiger partial charge in [0.15, 0.2) is 10.7 Å². The van der Waals surface area contributed by atoms with E-state index in [9.17, 15) is 14.0 Å². The number of rotatable bonds is 5. The minimum absolute atomic E-state index is 0.0180. The Bertz CT molecular complexity index is 1100. The van der Waals surface area contributed by atoms with Crippen LogP contribution in [0.3, 0.4) is 0 Å². The summed E-state index contributed by atoms with van der Waals surface area (Å²) in [5, 5.41) is 1.95. The molecule has 29 heavy (non-hydrogen) atoms. The van der Waals surface area contributed by atoms with Crippen molar-refractivity contribution in [1.82, 2.24) is 14.3 Å². The Morgan fingerprint density at radius 3 is 2.59 bits per heavy atom. The number of nitrogens with zero attached hydrogens (tertiary/aromatic N) is 3. The zero-order valence-electron chi connectivity index (χ0n) is 16.7. The van der Waals surface area contributed by atoms with Crippen LogP contribution in [0, 0.1) is 25.6 Å². The van der Waals surface area contributed by atoms with E-state index in [0.29, 0.717) is 12.0 Å². The molecule has 0 radical (unpaired) electrons. The Morgan fingerprint density at radius 2 is 1.90 bits per heavy atom. The van der Waals surface area contributed by atoms with E-state index in [1.807, 2.05) is 19.2 Å². The number of carbonyl (C=O) groups is 1. The minimum atomic E-state index is -0.326. The molecule has 0 bridgehead atoms. The van der Waals surface area contributed by atoms with Crippen molar-refractivity contribution in [3.8, 4) is 0 Å². The van der Waals surface area contributed by atoms with Gasteiger partial charge in [-0.2, -0.15) is 0 Å². The molecule has 1 aromatic carbocycles. The standard InChI is InChI=1S/C22H24FN3O2S/c1-14-13-29-22-24-15(2)19(21(28)26(14)22)9-12-25-10-7-17(8-11-25)20(27)16-3-5-18(23)6-4-16/h3-6,13,17H,7-12H2,1-2H3. The summed E-state index contributed by atoms with van der Waals surface area (Å²) in [5.41, 5.74) is 3.11. The third-order valence-corrected chi connectivity index (χ3v) is 6.75. The maximum absolute atomic E-state index is 13.1. The summed E-state index contributed by atoms with van der Waals surface area (Å²) in [6.45, 7) is 6.26. The van der Waals surface area contributed by atoms with Crippen molar-refractivity contribution >= 4 is 22.1 Å². The molecule has 0 spiro atoms. The topological polar surface area (TPSA) is 54.7 Å². The van der Waals surface area contributed by atoms with E-state index in [1.54, 1.807) is 16.5 Å². The van der Waals surface area contributed by atoms with Gasteiger partial charge in [-0.3, -0.25) is 14.0 Å². The lowest BCUT2D eigenvalue weighted by molar-refractivity contribution is 0.0841. The second-order valence-corrected chi connectivity index (χ2v) is 8.55. The van der Waals surface area contributed by atoms with Crippen molar-refractivity contribution in [3.63, 3.8) is 0 Å². The van der Waals surface area contributed by atoms with Crippen molar-refractivity contribution in [2.24, 2.45) is 5.92 Å². The van der Waals surface area contributed by atoms with E-state index in [0.717, 1.165) is 54.4 Å². The first-order valence-electron chi connectivity index (χ1n) is 9.92. The highest BCUT2D eigenvalue weighted by Crippen LogP contribution is 2.22. The van der Waals surface area contributed by atoms with Gasteiger partial charge in [-0.25, -0.2) is 9.37 Å². The van der Waals surface area contributed by atoms with Gasteiger partial charge in [0.2, 0.25) is 0 Å². The quantitative estimate of drug-likeness (QED) is 0.599. The molecule has 5 nitrogen and oxygen atoms in total. The number of fused-ring (bicyclic) bond motifs is 1. The number of halogens is 1. The Balaban J connectivity index is 1.37. The molecule has 2 aromatic heterocycles. The van der Waals surface area contributed by atoms with E-state index in [4.69, 9.17) is 0 Å². The zero-order chi connectivity index (χ0) is 20.5. The molecule has 0 N–H and O–H groups in total. The maximum atomic E-state index is 13.1. The Labute approximate surface area is 172 Å². The zero-order valence-corrected chi connectivity index (χ0v) is 17.5. The predicted octanol–water partition coefficient (Wildman–Crippen LogP) is 3.65. The molecule has 1 aliphatic heterocycles. The molecule has 3 aromatic rings. The average Bonchev–Trinajstić information content (AvgIpc) is 3.09. The van der Waals surface area contributed by atoms with Crippen LogP contribution in [0.1, 0.15) is 40.2 Å².